The molecule has 1 fully saturated rings. The molecule has 5 rings (SSSR count). The van der Waals surface area contributed by atoms with Gasteiger partial charge in [-0.25, -0.2) is 4.98 Å². The zero-order chi connectivity index (χ0) is 21.1. The normalized spacial score (nSPS) is 19.3. The van der Waals surface area contributed by atoms with Gasteiger partial charge in [0.25, 0.3) is 0 Å². The second-order valence-corrected chi connectivity index (χ2v) is 8.73. The van der Waals surface area contributed by atoms with E-state index in [4.69, 9.17) is 4.74 Å². The Labute approximate surface area is 206 Å². The number of hydrogen-bond acceptors (Lipinski definition) is 3. The Morgan fingerprint density at radius 1 is 1.16 bits per heavy atom. The van der Waals surface area contributed by atoms with Crippen molar-refractivity contribution in [3.05, 3.63) is 59.9 Å². The van der Waals surface area contributed by atoms with Crippen LogP contribution in [-0.4, -0.2) is 35.1 Å². The highest BCUT2D eigenvalue weighted by Gasteiger charge is 2.43. The Bertz CT molecular complexity index is 1040. The molecule has 1 aromatic heterocycles. The van der Waals surface area contributed by atoms with Crippen molar-refractivity contribution in [2.75, 3.05) is 13.6 Å². The van der Waals surface area contributed by atoms with Gasteiger partial charge in [0.05, 0.1) is 17.1 Å². The van der Waals surface area contributed by atoms with Gasteiger partial charge < -0.3 is 20.4 Å². The molecule has 1 unspecified atom stereocenters. The van der Waals surface area contributed by atoms with Crippen molar-refractivity contribution in [3.8, 4) is 5.75 Å². The molecule has 6 nitrogen and oxygen atoms in total. The van der Waals surface area contributed by atoms with Crippen LogP contribution in [0.2, 0.25) is 0 Å². The van der Waals surface area contributed by atoms with E-state index in [9.17, 15) is 0 Å². The number of rotatable bonds is 5. The van der Waals surface area contributed by atoms with Gasteiger partial charge in [0, 0.05) is 32.0 Å². The summed E-state index contributed by atoms with van der Waals surface area (Å²) in [6.45, 7) is 0.840. The third-order valence-corrected chi connectivity index (χ3v) is 6.57. The van der Waals surface area contributed by atoms with Gasteiger partial charge in [-0.1, -0.05) is 30.3 Å². The topological polar surface area (TPSA) is 74.3 Å². The molecule has 1 aliphatic carbocycles. The predicted octanol–water partition coefficient (Wildman–Crippen LogP) is 5.12. The number of H-pyrrole nitrogens is 1. The Morgan fingerprint density at radius 2 is 1.94 bits per heavy atom. The van der Waals surface area contributed by atoms with Crippen molar-refractivity contribution in [3.63, 3.8) is 0 Å². The highest BCUT2D eigenvalue weighted by atomic mass is 127. The van der Waals surface area contributed by atoms with E-state index < -0.39 is 0 Å². The largest absolute Gasteiger partial charge is 0.487 e. The first-order valence-electron chi connectivity index (χ1n) is 11.4. The molecule has 0 radical (unpaired) electrons. The number of aromatic nitrogens is 2. The van der Waals surface area contributed by atoms with Crippen molar-refractivity contribution in [2.45, 2.75) is 56.6 Å². The summed E-state index contributed by atoms with van der Waals surface area (Å²) in [5, 5.41) is 7.16. The number of para-hydroxylation sites is 3. The molecule has 170 valence electrons. The molecule has 2 heterocycles. The molecule has 1 atom stereocenters. The lowest BCUT2D eigenvalue weighted by Crippen LogP contribution is -2.46. The number of nitrogens with one attached hydrogen (secondary N) is 3. The standard InChI is InChI=1S/C25H31N5O.HI/c1-26-24(27-16-8-13-23-28-19-10-3-4-11-20(19)29-23)30-21-17-25(14-6-7-15-25)31-22-12-5-2-9-18(21)22;/h2-5,9-12,21H,6-8,13-17H2,1H3,(H,28,29)(H2,26,27,30);1H. The summed E-state index contributed by atoms with van der Waals surface area (Å²) < 4.78 is 6.49. The predicted molar refractivity (Wildman–Crippen MR) is 140 cm³/mol. The number of ether oxygens (including phenoxy) is 1. The molecule has 2 aliphatic rings. The first kappa shape index (κ1) is 22.9. The summed E-state index contributed by atoms with van der Waals surface area (Å²) in [6.07, 6.45) is 7.67. The number of aromatic amines is 1. The SMILES string of the molecule is CN=C(NCCCc1nc2ccccc2[nH]1)NC1CC2(CCCC2)Oc2ccccc21.I. The first-order chi connectivity index (χ1) is 15.2. The number of benzene rings is 2. The van der Waals surface area contributed by atoms with E-state index in [-0.39, 0.29) is 35.6 Å². The molecule has 0 amide bonds. The molecule has 0 bridgehead atoms. The second-order valence-electron chi connectivity index (χ2n) is 8.73. The Hall–Kier alpha value is -2.29. The molecule has 1 spiro atoms. The lowest BCUT2D eigenvalue weighted by Gasteiger charge is -2.40. The number of halogens is 1. The Kier molecular flexibility index (Phi) is 7.23. The highest BCUT2D eigenvalue weighted by molar-refractivity contribution is 14.0. The molecule has 1 saturated carbocycles. The maximum atomic E-state index is 6.49. The molecule has 0 saturated heterocycles. The number of imidazole rings is 1. The van der Waals surface area contributed by atoms with Gasteiger partial charge in [0.1, 0.15) is 17.2 Å². The van der Waals surface area contributed by atoms with Crippen molar-refractivity contribution >= 4 is 41.0 Å². The number of aryl methyl sites for hydroxylation is 1. The van der Waals surface area contributed by atoms with Gasteiger partial charge in [-0.05, 0) is 50.3 Å². The maximum Gasteiger partial charge on any atom is 0.191 e. The molecule has 7 heteroatoms. The maximum absolute atomic E-state index is 6.49. The van der Waals surface area contributed by atoms with Gasteiger partial charge in [-0.2, -0.15) is 0 Å². The van der Waals surface area contributed by atoms with Gasteiger partial charge in [0.2, 0.25) is 0 Å². The molecule has 3 aromatic rings. The van der Waals surface area contributed by atoms with Crippen molar-refractivity contribution in [1.82, 2.24) is 20.6 Å². The van der Waals surface area contributed by atoms with Gasteiger partial charge in [-0.15, -0.1) is 24.0 Å². The van der Waals surface area contributed by atoms with Crippen molar-refractivity contribution < 1.29 is 4.74 Å². The van der Waals surface area contributed by atoms with Crippen LogP contribution >= 0.6 is 24.0 Å². The zero-order valence-corrected chi connectivity index (χ0v) is 20.9. The summed E-state index contributed by atoms with van der Waals surface area (Å²) in [7, 11) is 1.84. The summed E-state index contributed by atoms with van der Waals surface area (Å²) in [5.41, 5.74) is 3.33. The smallest absolute Gasteiger partial charge is 0.191 e. The van der Waals surface area contributed by atoms with Crippen LogP contribution in [0.4, 0.5) is 0 Å². The number of fused-ring (bicyclic) bond motifs is 2. The number of nitrogens with zero attached hydrogens (tertiary/aromatic N) is 2. The highest BCUT2D eigenvalue weighted by Crippen LogP contribution is 2.46. The summed E-state index contributed by atoms with van der Waals surface area (Å²) in [6, 6.07) is 16.8. The summed E-state index contributed by atoms with van der Waals surface area (Å²) in [4.78, 5) is 12.5. The third-order valence-electron chi connectivity index (χ3n) is 6.57. The van der Waals surface area contributed by atoms with E-state index in [0.717, 1.165) is 67.2 Å². The van der Waals surface area contributed by atoms with Gasteiger partial charge in [-0.3, -0.25) is 4.99 Å². The van der Waals surface area contributed by atoms with Crippen LogP contribution in [-0.2, 0) is 6.42 Å². The summed E-state index contributed by atoms with van der Waals surface area (Å²) in [5.74, 6) is 2.90. The fraction of sp³-hybridized carbons (Fsp3) is 0.440. The number of aliphatic imine (C=N–C) groups is 1. The fourth-order valence-electron chi connectivity index (χ4n) is 5.02. The van der Waals surface area contributed by atoms with Crippen LogP contribution in [0.15, 0.2) is 53.5 Å². The van der Waals surface area contributed by atoms with Crippen LogP contribution in [0.5, 0.6) is 5.75 Å². The second kappa shape index (κ2) is 10.1. The molecular formula is C25H32IN5O. The first-order valence-corrected chi connectivity index (χ1v) is 11.4. The van der Waals surface area contributed by atoms with Gasteiger partial charge >= 0.3 is 0 Å². The van der Waals surface area contributed by atoms with E-state index >= 15 is 0 Å². The minimum atomic E-state index is -0.0217. The lowest BCUT2D eigenvalue weighted by atomic mass is 9.86. The van der Waals surface area contributed by atoms with E-state index in [1.54, 1.807) is 0 Å². The lowest BCUT2D eigenvalue weighted by molar-refractivity contribution is 0.0396. The van der Waals surface area contributed by atoms with E-state index in [0.29, 0.717) is 0 Å². The van der Waals surface area contributed by atoms with Crippen molar-refractivity contribution in [2.24, 2.45) is 4.99 Å². The minimum Gasteiger partial charge on any atom is -0.487 e. The van der Waals surface area contributed by atoms with Crippen LogP contribution in [0.25, 0.3) is 11.0 Å². The van der Waals surface area contributed by atoms with Crippen LogP contribution in [0.1, 0.15) is 56.0 Å². The molecule has 32 heavy (non-hydrogen) atoms. The van der Waals surface area contributed by atoms with Crippen molar-refractivity contribution in [1.29, 1.82) is 0 Å². The monoisotopic (exact) mass is 545 g/mol. The van der Waals surface area contributed by atoms with Crippen LogP contribution < -0.4 is 15.4 Å². The number of guanidine groups is 1. The number of hydrogen-bond donors (Lipinski definition) is 3. The van der Waals surface area contributed by atoms with E-state index in [1.807, 2.05) is 25.2 Å². The third kappa shape index (κ3) is 4.87. The van der Waals surface area contributed by atoms with Crippen LogP contribution in [0, 0.1) is 0 Å². The average Bonchev–Trinajstić information content (AvgIpc) is 3.42. The molecule has 1 aliphatic heterocycles. The molecular weight excluding hydrogens is 513 g/mol. The van der Waals surface area contributed by atoms with Crippen LogP contribution in [0.3, 0.4) is 0 Å². The van der Waals surface area contributed by atoms with E-state index in [1.165, 1.54) is 18.4 Å². The minimum absolute atomic E-state index is 0. The quantitative estimate of drug-likeness (QED) is 0.180. The molecule has 2 aromatic carbocycles. The fourth-order valence-corrected chi connectivity index (χ4v) is 5.02. The zero-order valence-electron chi connectivity index (χ0n) is 18.6. The van der Waals surface area contributed by atoms with Gasteiger partial charge in [0.15, 0.2) is 5.96 Å². The average molecular weight is 545 g/mol. The Morgan fingerprint density at radius 3 is 2.75 bits per heavy atom. The summed E-state index contributed by atoms with van der Waals surface area (Å²) >= 11 is 0. The molecule has 3 N–H and O–H groups in total. The Balaban J connectivity index is 0.00000245. The van der Waals surface area contributed by atoms with E-state index in [2.05, 4.69) is 55.9 Å².